The first kappa shape index (κ1) is 15.2. The van der Waals surface area contributed by atoms with Crippen LogP contribution >= 0.6 is 22.6 Å². The van der Waals surface area contributed by atoms with Gasteiger partial charge < -0.3 is 5.32 Å². The number of hydrogen-bond donors (Lipinski definition) is 1. The van der Waals surface area contributed by atoms with Crippen molar-refractivity contribution in [3.63, 3.8) is 0 Å². The molecule has 106 valence electrons. The quantitative estimate of drug-likeness (QED) is 0.371. The highest BCUT2D eigenvalue weighted by atomic mass is 127. The predicted octanol–water partition coefficient (Wildman–Crippen LogP) is 3.85. The Morgan fingerprint density at radius 1 is 1.14 bits per heavy atom. The molecule has 0 spiro atoms. The van der Waals surface area contributed by atoms with Gasteiger partial charge in [0.25, 0.3) is 5.69 Å². The van der Waals surface area contributed by atoms with Gasteiger partial charge in [0.2, 0.25) is 5.91 Å². The molecule has 0 heterocycles. The summed E-state index contributed by atoms with van der Waals surface area (Å²) < 4.78 is 1.07. The van der Waals surface area contributed by atoms with Gasteiger partial charge in [-0.25, -0.2) is 0 Å². The van der Waals surface area contributed by atoms with Crippen molar-refractivity contribution >= 4 is 45.9 Å². The zero-order chi connectivity index (χ0) is 15.2. The zero-order valence-corrected chi connectivity index (χ0v) is 13.0. The number of anilines is 1. The van der Waals surface area contributed by atoms with Gasteiger partial charge in [0.15, 0.2) is 0 Å². The Hall–Kier alpha value is -2.22. The van der Waals surface area contributed by atoms with E-state index in [9.17, 15) is 14.9 Å². The van der Waals surface area contributed by atoms with E-state index in [1.807, 2.05) is 12.1 Å². The van der Waals surface area contributed by atoms with E-state index in [2.05, 4.69) is 27.9 Å². The van der Waals surface area contributed by atoms with E-state index in [0.29, 0.717) is 11.3 Å². The number of nitro benzene ring substituents is 1. The van der Waals surface area contributed by atoms with Crippen LogP contribution in [0.25, 0.3) is 6.08 Å². The average Bonchev–Trinajstić information content (AvgIpc) is 2.48. The van der Waals surface area contributed by atoms with Gasteiger partial charge in [0.1, 0.15) is 0 Å². The third-order valence-corrected chi connectivity index (χ3v) is 3.38. The van der Waals surface area contributed by atoms with E-state index in [4.69, 9.17) is 0 Å². The summed E-state index contributed by atoms with van der Waals surface area (Å²) in [5.41, 5.74) is 1.03. The summed E-state index contributed by atoms with van der Waals surface area (Å²) in [6.07, 6.45) is 2.71. The molecule has 2 aromatic rings. The van der Waals surface area contributed by atoms with Gasteiger partial charge in [0, 0.05) is 21.4 Å². The number of carbonyl (C=O) groups is 1. The number of carbonyl (C=O) groups excluding carboxylic acids is 1. The molecule has 0 bridgehead atoms. The van der Waals surface area contributed by atoms with Crippen LogP contribution in [0.3, 0.4) is 0 Å². The molecule has 0 atom stereocenters. The second-order valence-corrected chi connectivity index (χ2v) is 5.39. The smallest absolute Gasteiger partial charge is 0.276 e. The number of benzene rings is 2. The van der Waals surface area contributed by atoms with E-state index < -0.39 is 4.92 Å². The van der Waals surface area contributed by atoms with E-state index in [-0.39, 0.29) is 11.6 Å². The van der Waals surface area contributed by atoms with E-state index >= 15 is 0 Å². The lowest BCUT2D eigenvalue weighted by molar-refractivity contribution is -0.385. The highest BCUT2D eigenvalue weighted by Gasteiger charge is 2.09. The summed E-state index contributed by atoms with van der Waals surface area (Å²) in [5.74, 6) is -0.339. The number of nitrogens with one attached hydrogen (secondary N) is 1. The molecule has 0 radical (unpaired) electrons. The third-order valence-electron chi connectivity index (χ3n) is 2.66. The molecule has 0 aromatic heterocycles. The van der Waals surface area contributed by atoms with Crippen LogP contribution in [0.15, 0.2) is 54.6 Å². The number of hydrogen-bond acceptors (Lipinski definition) is 3. The highest BCUT2D eigenvalue weighted by Crippen LogP contribution is 2.19. The molecule has 0 saturated heterocycles. The van der Waals surface area contributed by atoms with Crippen molar-refractivity contribution in [2.24, 2.45) is 0 Å². The van der Waals surface area contributed by atoms with Crippen LogP contribution in [-0.4, -0.2) is 10.8 Å². The molecule has 0 aliphatic heterocycles. The lowest BCUT2D eigenvalue weighted by Gasteiger charge is -2.02. The van der Waals surface area contributed by atoms with Crippen molar-refractivity contribution in [1.29, 1.82) is 0 Å². The van der Waals surface area contributed by atoms with Crippen molar-refractivity contribution < 1.29 is 9.72 Å². The second kappa shape index (κ2) is 6.98. The number of nitrogens with zero attached hydrogens (tertiary/aromatic N) is 1. The molecule has 2 rings (SSSR count). The molecule has 0 unspecified atom stereocenters. The van der Waals surface area contributed by atoms with Gasteiger partial charge in [-0.1, -0.05) is 12.1 Å². The van der Waals surface area contributed by atoms with Crippen LogP contribution in [0.4, 0.5) is 11.4 Å². The number of nitro groups is 1. The Bertz CT molecular complexity index is 696. The third kappa shape index (κ3) is 4.38. The van der Waals surface area contributed by atoms with E-state index in [0.717, 1.165) is 3.57 Å². The second-order valence-electron chi connectivity index (χ2n) is 4.15. The van der Waals surface area contributed by atoms with E-state index in [1.54, 1.807) is 30.3 Å². The molecule has 6 heteroatoms. The monoisotopic (exact) mass is 394 g/mol. The molecule has 2 aromatic carbocycles. The Morgan fingerprint density at radius 2 is 1.81 bits per heavy atom. The van der Waals surface area contributed by atoms with Crippen molar-refractivity contribution in [3.8, 4) is 0 Å². The minimum atomic E-state index is -0.475. The fourth-order valence-electron chi connectivity index (χ4n) is 1.68. The first-order valence-corrected chi connectivity index (χ1v) is 7.12. The van der Waals surface area contributed by atoms with E-state index in [1.165, 1.54) is 18.2 Å². The maximum Gasteiger partial charge on any atom is 0.276 e. The lowest BCUT2D eigenvalue weighted by atomic mass is 10.1. The van der Waals surface area contributed by atoms with Crippen molar-refractivity contribution in [2.75, 3.05) is 5.32 Å². The molecular weight excluding hydrogens is 383 g/mol. The summed E-state index contributed by atoms with van der Waals surface area (Å²) in [6, 6.07) is 13.6. The maximum absolute atomic E-state index is 11.8. The Labute approximate surface area is 135 Å². The molecule has 1 amide bonds. The fraction of sp³-hybridized carbons (Fsp3) is 0. The average molecular weight is 394 g/mol. The normalized spacial score (nSPS) is 10.5. The van der Waals surface area contributed by atoms with Gasteiger partial charge in [-0.2, -0.15) is 0 Å². The molecular formula is C15H11IN2O3. The SMILES string of the molecule is O=C(C=Cc1ccccc1[N+](=O)[O-])Nc1ccc(I)cc1. The van der Waals surface area contributed by atoms with Crippen molar-refractivity contribution in [1.82, 2.24) is 0 Å². The molecule has 0 aliphatic carbocycles. The molecule has 5 nitrogen and oxygen atoms in total. The van der Waals surface area contributed by atoms with Crippen molar-refractivity contribution in [3.05, 3.63) is 73.9 Å². The summed E-state index contributed by atoms with van der Waals surface area (Å²) in [5, 5.41) is 13.5. The number of para-hydroxylation sites is 1. The molecule has 21 heavy (non-hydrogen) atoms. The van der Waals surface area contributed by atoms with Crippen LogP contribution in [0, 0.1) is 13.7 Å². The number of rotatable bonds is 4. The van der Waals surface area contributed by atoms with Gasteiger partial charge in [-0.05, 0) is 59.0 Å². The summed E-state index contributed by atoms with van der Waals surface area (Å²) >= 11 is 2.17. The fourth-order valence-corrected chi connectivity index (χ4v) is 2.04. The molecule has 0 saturated carbocycles. The standard InChI is InChI=1S/C15H11IN2O3/c16-12-6-8-13(9-7-12)17-15(19)10-5-11-3-1-2-4-14(11)18(20)21/h1-10H,(H,17,19). The van der Waals surface area contributed by atoms with Crippen LogP contribution in [0.2, 0.25) is 0 Å². The number of amides is 1. The topological polar surface area (TPSA) is 72.2 Å². The molecule has 0 fully saturated rings. The minimum Gasteiger partial charge on any atom is -0.323 e. The Kier molecular flexibility index (Phi) is 5.04. The van der Waals surface area contributed by atoms with Gasteiger partial charge in [-0.15, -0.1) is 0 Å². The van der Waals surface area contributed by atoms with Crippen molar-refractivity contribution in [2.45, 2.75) is 0 Å². The summed E-state index contributed by atoms with van der Waals surface area (Å²) in [7, 11) is 0. The Morgan fingerprint density at radius 3 is 2.48 bits per heavy atom. The van der Waals surface area contributed by atoms with Crippen LogP contribution in [-0.2, 0) is 4.79 Å². The Balaban J connectivity index is 2.09. The summed E-state index contributed by atoms with van der Waals surface area (Å²) in [6.45, 7) is 0. The van der Waals surface area contributed by atoms with Crippen LogP contribution < -0.4 is 5.32 Å². The largest absolute Gasteiger partial charge is 0.323 e. The first-order valence-electron chi connectivity index (χ1n) is 6.04. The molecule has 0 aliphatic rings. The van der Waals surface area contributed by atoms with Gasteiger partial charge in [-0.3, -0.25) is 14.9 Å². The van der Waals surface area contributed by atoms with Crippen LogP contribution in [0.1, 0.15) is 5.56 Å². The minimum absolute atomic E-state index is 0.0317. The zero-order valence-electron chi connectivity index (χ0n) is 10.8. The first-order chi connectivity index (χ1) is 10.1. The van der Waals surface area contributed by atoms with Crippen LogP contribution in [0.5, 0.6) is 0 Å². The van der Waals surface area contributed by atoms with Gasteiger partial charge >= 0.3 is 0 Å². The maximum atomic E-state index is 11.8. The number of halogens is 1. The molecule has 1 N–H and O–H groups in total. The predicted molar refractivity (Wildman–Crippen MR) is 89.9 cm³/mol. The lowest BCUT2D eigenvalue weighted by Crippen LogP contribution is -2.07. The summed E-state index contributed by atoms with van der Waals surface area (Å²) in [4.78, 5) is 22.2. The van der Waals surface area contributed by atoms with Gasteiger partial charge in [0.05, 0.1) is 10.5 Å². The highest BCUT2D eigenvalue weighted by molar-refractivity contribution is 14.1.